The van der Waals surface area contributed by atoms with Crippen molar-refractivity contribution < 1.29 is 4.42 Å². The minimum atomic E-state index is -1.30. The normalized spacial score (nSPS) is 12.0. The Labute approximate surface area is 228 Å². The van der Waals surface area contributed by atoms with Crippen LogP contribution >= 0.6 is 0 Å². The summed E-state index contributed by atoms with van der Waals surface area (Å²) in [5, 5.41) is 4.83. The smallest absolute Gasteiger partial charge is 0.144 e. The molecule has 0 bridgehead atoms. The maximum absolute atomic E-state index is 6.21. The van der Waals surface area contributed by atoms with Crippen LogP contribution in [0.25, 0.3) is 66.4 Å². The van der Waals surface area contributed by atoms with Gasteiger partial charge in [-0.1, -0.05) is 97.6 Å². The van der Waals surface area contributed by atoms with Gasteiger partial charge in [-0.3, -0.25) is 9.97 Å². The first-order valence-corrected chi connectivity index (χ1v) is 16.8. The van der Waals surface area contributed by atoms with Crippen molar-refractivity contribution in [1.29, 1.82) is 0 Å². The van der Waals surface area contributed by atoms with E-state index in [2.05, 4.69) is 105 Å². The third-order valence-electron chi connectivity index (χ3n) is 7.55. The van der Waals surface area contributed by atoms with E-state index in [1.165, 1.54) is 16.3 Å². The van der Waals surface area contributed by atoms with Gasteiger partial charge in [-0.05, 0) is 41.5 Å². The second kappa shape index (κ2) is 9.04. The van der Waals surface area contributed by atoms with Crippen molar-refractivity contribution in [3.63, 3.8) is 0 Å². The van der Waals surface area contributed by atoms with Crippen LogP contribution in [-0.2, 0) is 0 Å². The Morgan fingerprint density at radius 3 is 2.13 bits per heavy atom. The first-order valence-electron chi connectivity index (χ1n) is 13.3. The molecule has 0 fully saturated rings. The number of benzene rings is 4. The third-order valence-corrected chi connectivity index (χ3v) is 9.61. The van der Waals surface area contributed by atoms with Crippen LogP contribution in [0.1, 0.15) is 0 Å². The van der Waals surface area contributed by atoms with Gasteiger partial charge >= 0.3 is 0 Å². The molecule has 7 aromatic rings. The van der Waals surface area contributed by atoms with Crippen LogP contribution in [0.4, 0.5) is 0 Å². The molecule has 4 aromatic carbocycles. The summed E-state index contributed by atoms with van der Waals surface area (Å²) in [6, 6.07) is 36.3. The van der Waals surface area contributed by atoms with Gasteiger partial charge in [-0.25, -0.2) is 0 Å². The molecule has 0 aliphatic heterocycles. The molecule has 0 radical (unpaired) electrons. The molecule has 0 saturated carbocycles. The highest BCUT2D eigenvalue weighted by molar-refractivity contribution is 6.88. The number of rotatable bonds is 4. The summed E-state index contributed by atoms with van der Waals surface area (Å²) in [6.07, 6.45) is 3.87. The summed E-state index contributed by atoms with van der Waals surface area (Å²) in [7, 11) is -1.30. The van der Waals surface area contributed by atoms with E-state index in [-0.39, 0.29) is 0 Å². The average molecular weight is 521 g/mol. The van der Waals surface area contributed by atoms with Crippen molar-refractivity contribution in [2.45, 2.75) is 19.6 Å². The Bertz CT molecular complexity index is 1980. The zero-order chi connectivity index (χ0) is 26.6. The molecule has 7 rings (SSSR count). The van der Waals surface area contributed by atoms with E-state index in [1.54, 1.807) is 0 Å². The average Bonchev–Trinajstić information content (AvgIpc) is 3.35. The molecule has 188 valence electrons. The molecule has 0 aliphatic rings. The molecule has 0 saturated heterocycles. The van der Waals surface area contributed by atoms with Crippen LogP contribution in [0, 0.1) is 0 Å². The lowest BCUT2D eigenvalue weighted by Crippen LogP contribution is -2.37. The van der Waals surface area contributed by atoms with Gasteiger partial charge in [0.1, 0.15) is 11.2 Å². The predicted molar refractivity (Wildman–Crippen MR) is 166 cm³/mol. The minimum Gasteiger partial charge on any atom is -0.455 e. The van der Waals surface area contributed by atoms with Gasteiger partial charge in [0.25, 0.3) is 0 Å². The largest absolute Gasteiger partial charge is 0.455 e. The Morgan fingerprint density at radius 2 is 1.33 bits per heavy atom. The van der Waals surface area contributed by atoms with Crippen LogP contribution in [0.3, 0.4) is 0 Å². The summed E-state index contributed by atoms with van der Waals surface area (Å²) >= 11 is 0. The number of nitrogens with zero attached hydrogens (tertiary/aromatic N) is 2. The van der Waals surface area contributed by atoms with Crippen molar-refractivity contribution in [3.05, 3.63) is 116 Å². The van der Waals surface area contributed by atoms with Crippen molar-refractivity contribution in [3.8, 4) is 33.5 Å². The molecule has 3 nitrogen and oxygen atoms in total. The Hall–Kier alpha value is -4.54. The van der Waals surface area contributed by atoms with Crippen LogP contribution in [0.5, 0.6) is 0 Å². The van der Waals surface area contributed by atoms with Gasteiger partial charge in [-0.2, -0.15) is 0 Å². The third kappa shape index (κ3) is 4.23. The van der Waals surface area contributed by atoms with E-state index in [0.29, 0.717) is 0 Å². The second-order valence-electron chi connectivity index (χ2n) is 11.2. The number of fused-ring (bicyclic) bond motifs is 4. The lowest BCUT2D eigenvalue weighted by Gasteiger charge is -2.16. The molecule has 3 aromatic heterocycles. The monoisotopic (exact) mass is 520 g/mol. The number of hydrogen-bond acceptors (Lipinski definition) is 3. The van der Waals surface area contributed by atoms with Gasteiger partial charge in [0.05, 0.1) is 19.3 Å². The van der Waals surface area contributed by atoms with Crippen LogP contribution in [0.2, 0.25) is 19.6 Å². The first-order chi connectivity index (χ1) is 18.9. The number of furan rings is 1. The number of pyridine rings is 2. The quantitative estimate of drug-likeness (QED) is 0.217. The summed E-state index contributed by atoms with van der Waals surface area (Å²) in [5.74, 6) is 0. The second-order valence-corrected chi connectivity index (χ2v) is 16.2. The van der Waals surface area contributed by atoms with E-state index in [4.69, 9.17) is 14.4 Å². The maximum atomic E-state index is 6.21. The molecule has 0 aliphatic carbocycles. The van der Waals surface area contributed by atoms with E-state index >= 15 is 0 Å². The highest BCUT2D eigenvalue weighted by Gasteiger charge is 2.16. The molecule has 3 heterocycles. The fraction of sp³-hybridized carbons (Fsp3) is 0.0857. The summed E-state index contributed by atoms with van der Waals surface area (Å²) in [4.78, 5) is 9.63. The standard InChI is InChI=1S/C35H28N2OSi/c1-39(2,3)28-16-13-23(14-17-28)24-11-12-25-19-27(22-37-33(25)20-24)26-15-18-32(36-21-26)31-9-6-8-30-29-7-4-5-10-34(29)38-35(30)31/h4-22H,1-3H3. The van der Waals surface area contributed by atoms with Crippen LogP contribution < -0.4 is 5.19 Å². The predicted octanol–water partition coefficient (Wildman–Crippen LogP) is 9.08. The molecule has 0 atom stereocenters. The van der Waals surface area contributed by atoms with Gasteiger partial charge in [0, 0.05) is 45.2 Å². The molecular formula is C35H28N2OSi. The molecule has 4 heteroatoms. The lowest BCUT2D eigenvalue weighted by molar-refractivity contribution is 0.670. The fourth-order valence-electron chi connectivity index (χ4n) is 5.29. The van der Waals surface area contributed by atoms with E-state index in [0.717, 1.165) is 55.2 Å². The zero-order valence-electron chi connectivity index (χ0n) is 22.3. The Balaban J connectivity index is 1.19. The van der Waals surface area contributed by atoms with Crippen molar-refractivity contribution in [2.75, 3.05) is 0 Å². The summed E-state index contributed by atoms with van der Waals surface area (Å²) in [6.45, 7) is 7.14. The van der Waals surface area contributed by atoms with Crippen LogP contribution in [-0.4, -0.2) is 18.0 Å². The fourth-order valence-corrected chi connectivity index (χ4v) is 6.46. The molecule has 0 N–H and O–H groups in total. The molecular weight excluding hydrogens is 492 g/mol. The number of hydrogen-bond donors (Lipinski definition) is 0. The Morgan fingerprint density at radius 1 is 0.590 bits per heavy atom. The highest BCUT2D eigenvalue weighted by Crippen LogP contribution is 2.35. The van der Waals surface area contributed by atoms with Gasteiger partial charge in [-0.15, -0.1) is 0 Å². The molecule has 0 unspecified atom stereocenters. The maximum Gasteiger partial charge on any atom is 0.144 e. The zero-order valence-corrected chi connectivity index (χ0v) is 23.3. The lowest BCUT2D eigenvalue weighted by atomic mass is 10.0. The molecule has 0 amide bonds. The number of aromatic nitrogens is 2. The van der Waals surface area contributed by atoms with Crippen molar-refractivity contribution in [1.82, 2.24) is 9.97 Å². The SMILES string of the molecule is C[Si](C)(C)c1ccc(-c2ccc3cc(-c4ccc(-c5cccc6c5oc5ccccc56)nc4)cnc3c2)cc1. The molecule has 39 heavy (non-hydrogen) atoms. The number of para-hydroxylation sites is 2. The van der Waals surface area contributed by atoms with Crippen molar-refractivity contribution in [2.24, 2.45) is 0 Å². The van der Waals surface area contributed by atoms with E-state index in [1.807, 2.05) is 30.6 Å². The highest BCUT2D eigenvalue weighted by atomic mass is 28.3. The van der Waals surface area contributed by atoms with Crippen LogP contribution in [0.15, 0.2) is 120 Å². The van der Waals surface area contributed by atoms with Gasteiger partial charge in [0.15, 0.2) is 0 Å². The van der Waals surface area contributed by atoms with Crippen molar-refractivity contribution >= 4 is 46.1 Å². The molecule has 0 spiro atoms. The minimum absolute atomic E-state index is 0.872. The van der Waals surface area contributed by atoms with Gasteiger partial charge < -0.3 is 4.42 Å². The first kappa shape index (κ1) is 23.6. The summed E-state index contributed by atoms with van der Waals surface area (Å²) < 4.78 is 6.21. The topological polar surface area (TPSA) is 38.9 Å². The van der Waals surface area contributed by atoms with Gasteiger partial charge in [0.2, 0.25) is 0 Å². The Kier molecular flexibility index (Phi) is 5.46. The van der Waals surface area contributed by atoms with E-state index in [9.17, 15) is 0 Å². The summed E-state index contributed by atoms with van der Waals surface area (Å²) in [5.41, 5.74) is 9.15. The van der Waals surface area contributed by atoms with E-state index < -0.39 is 8.07 Å².